The number of esters is 1. The van der Waals surface area contributed by atoms with Crippen molar-refractivity contribution < 1.29 is 26.9 Å². The van der Waals surface area contributed by atoms with Gasteiger partial charge in [0.2, 0.25) is 0 Å². The van der Waals surface area contributed by atoms with Crippen LogP contribution in [0.2, 0.25) is 0 Å². The first-order chi connectivity index (χ1) is 13.8. The topological polar surface area (TPSA) is 103 Å². The third-order valence-corrected chi connectivity index (χ3v) is 8.00. The standard InChI is InChI=1S/C19H22N2O6S2/c1-4-25-19(22)15-12-16(27-20-15)17-9-10-18(28-17)29(23,24)21(3)13(2)7-8-14-6-5-11-26-14/h5-6,9-13H,4,7-8H2,1-3H3/t13-/m0/s1. The van der Waals surface area contributed by atoms with Crippen molar-refractivity contribution in [2.75, 3.05) is 13.7 Å². The van der Waals surface area contributed by atoms with E-state index in [1.807, 2.05) is 19.1 Å². The Kier molecular flexibility index (Phi) is 6.56. The molecule has 1 atom stereocenters. The van der Waals surface area contributed by atoms with Crippen molar-refractivity contribution in [3.63, 3.8) is 0 Å². The summed E-state index contributed by atoms with van der Waals surface area (Å²) in [6.45, 7) is 3.78. The van der Waals surface area contributed by atoms with Crippen LogP contribution in [0.1, 0.15) is 36.5 Å². The van der Waals surface area contributed by atoms with Crippen LogP contribution in [0.25, 0.3) is 10.6 Å². The molecule has 10 heteroatoms. The van der Waals surface area contributed by atoms with E-state index < -0.39 is 16.0 Å². The average molecular weight is 439 g/mol. The predicted octanol–water partition coefficient (Wildman–Crippen LogP) is 3.81. The Bertz CT molecular complexity index is 1050. The Balaban J connectivity index is 1.71. The number of thiophene rings is 1. The number of aryl methyl sites for hydroxylation is 1. The lowest BCUT2D eigenvalue weighted by Gasteiger charge is -2.23. The lowest BCUT2D eigenvalue weighted by molar-refractivity contribution is 0.0514. The Hall–Kier alpha value is -2.43. The maximum Gasteiger partial charge on any atom is 0.360 e. The number of furan rings is 1. The molecule has 0 aliphatic carbocycles. The fourth-order valence-electron chi connectivity index (χ4n) is 2.65. The van der Waals surface area contributed by atoms with Gasteiger partial charge in [-0.2, -0.15) is 4.31 Å². The Morgan fingerprint density at radius 3 is 2.83 bits per heavy atom. The Morgan fingerprint density at radius 2 is 2.14 bits per heavy atom. The zero-order valence-corrected chi connectivity index (χ0v) is 18.0. The molecule has 0 unspecified atom stereocenters. The first kappa shape index (κ1) is 21.3. The highest BCUT2D eigenvalue weighted by molar-refractivity contribution is 7.91. The zero-order chi connectivity index (χ0) is 21.0. The number of ether oxygens (including phenoxy) is 1. The molecule has 3 aromatic heterocycles. The summed E-state index contributed by atoms with van der Waals surface area (Å²) >= 11 is 1.06. The van der Waals surface area contributed by atoms with E-state index in [-0.39, 0.29) is 22.6 Å². The average Bonchev–Trinajstić information content (AvgIpc) is 3.46. The highest BCUT2D eigenvalue weighted by Crippen LogP contribution is 2.33. The van der Waals surface area contributed by atoms with Crippen molar-refractivity contribution in [3.05, 3.63) is 48.0 Å². The minimum absolute atomic E-state index is 0.0447. The summed E-state index contributed by atoms with van der Waals surface area (Å²) in [5.74, 6) is 0.550. The lowest BCUT2D eigenvalue weighted by atomic mass is 10.1. The summed E-state index contributed by atoms with van der Waals surface area (Å²) in [7, 11) is -2.10. The number of rotatable bonds is 9. The molecular formula is C19H22N2O6S2. The number of hydrogen-bond acceptors (Lipinski definition) is 8. The van der Waals surface area contributed by atoms with E-state index in [2.05, 4.69) is 5.16 Å². The quantitative estimate of drug-likeness (QED) is 0.468. The molecule has 0 saturated heterocycles. The summed E-state index contributed by atoms with van der Waals surface area (Å²) in [6, 6.07) is 8.07. The van der Waals surface area contributed by atoms with Crippen molar-refractivity contribution in [2.45, 2.75) is 36.9 Å². The molecule has 0 aromatic carbocycles. The fourth-order valence-corrected chi connectivity index (χ4v) is 5.48. The van der Waals surface area contributed by atoms with Gasteiger partial charge >= 0.3 is 5.97 Å². The van der Waals surface area contributed by atoms with E-state index in [1.165, 1.54) is 16.4 Å². The number of aromatic nitrogens is 1. The molecule has 0 fully saturated rings. The van der Waals surface area contributed by atoms with Gasteiger partial charge in [0, 0.05) is 25.6 Å². The van der Waals surface area contributed by atoms with E-state index in [0.717, 1.165) is 17.1 Å². The van der Waals surface area contributed by atoms with Crippen LogP contribution in [0.15, 0.2) is 49.7 Å². The van der Waals surface area contributed by atoms with Gasteiger partial charge < -0.3 is 13.7 Å². The molecule has 8 nitrogen and oxygen atoms in total. The molecule has 0 bridgehead atoms. The summed E-state index contributed by atoms with van der Waals surface area (Å²) < 4.78 is 42.8. The van der Waals surface area contributed by atoms with Gasteiger partial charge in [-0.1, -0.05) is 5.16 Å². The molecule has 29 heavy (non-hydrogen) atoms. The highest BCUT2D eigenvalue weighted by Gasteiger charge is 2.28. The van der Waals surface area contributed by atoms with Crippen LogP contribution in [0, 0.1) is 0 Å². The molecule has 0 saturated carbocycles. The summed E-state index contributed by atoms with van der Waals surface area (Å²) in [4.78, 5) is 12.3. The van der Waals surface area contributed by atoms with Crippen LogP contribution in [0.3, 0.4) is 0 Å². The van der Waals surface area contributed by atoms with E-state index >= 15 is 0 Å². The van der Waals surface area contributed by atoms with Gasteiger partial charge in [0.05, 0.1) is 17.7 Å². The van der Waals surface area contributed by atoms with Gasteiger partial charge in [-0.15, -0.1) is 11.3 Å². The van der Waals surface area contributed by atoms with Crippen molar-refractivity contribution in [3.8, 4) is 10.6 Å². The molecule has 0 radical (unpaired) electrons. The zero-order valence-electron chi connectivity index (χ0n) is 16.3. The molecule has 0 amide bonds. The molecule has 0 N–H and O–H groups in total. The Labute approximate surface area is 173 Å². The number of sulfonamides is 1. The largest absolute Gasteiger partial charge is 0.469 e. The van der Waals surface area contributed by atoms with Crippen LogP contribution in [-0.2, 0) is 21.2 Å². The number of carbonyl (C=O) groups excluding carboxylic acids is 1. The second-order valence-electron chi connectivity index (χ2n) is 6.40. The van der Waals surface area contributed by atoms with Gasteiger partial charge in [-0.25, -0.2) is 13.2 Å². The van der Waals surface area contributed by atoms with Crippen molar-refractivity contribution in [2.24, 2.45) is 0 Å². The van der Waals surface area contributed by atoms with Crippen LogP contribution < -0.4 is 0 Å². The second-order valence-corrected chi connectivity index (χ2v) is 9.71. The molecule has 3 aromatic rings. The molecule has 0 spiro atoms. The number of carbonyl (C=O) groups is 1. The second kappa shape index (κ2) is 8.93. The van der Waals surface area contributed by atoms with Gasteiger partial charge in [0.1, 0.15) is 9.97 Å². The minimum atomic E-state index is -3.67. The first-order valence-electron chi connectivity index (χ1n) is 9.07. The van der Waals surface area contributed by atoms with Gasteiger partial charge in [0.15, 0.2) is 11.5 Å². The summed E-state index contributed by atoms with van der Waals surface area (Å²) in [5, 5.41) is 3.68. The number of hydrogen-bond donors (Lipinski definition) is 0. The van der Waals surface area contributed by atoms with E-state index in [1.54, 1.807) is 26.3 Å². The van der Waals surface area contributed by atoms with Crippen LogP contribution in [0.4, 0.5) is 0 Å². The normalized spacial score (nSPS) is 13.0. The smallest absolute Gasteiger partial charge is 0.360 e. The third kappa shape index (κ3) is 4.77. The minimum Gasteiger partial charge on any atom is -0.469 e. The molecule has 3 heterocycles. The van der Waals surface area contributed by atoms with E-state index in [9.17, 15) is 13.2 Å². The molecule has 0 aliphatic heterocycles. The van der Waals surface area contributed by atoms with Crippen molar-refractivity contribution in [1.82, 2.24) is 9.46 Å². The van der Waals surface area contributed by atoms with Crippen LogP contribution in [-0.4, -0.2) is 43.5 Å². The van der Waals surface area contributed by atoms with E-state index in [0.29, 0.717) is 23.5 Å². The van der Waals surface area contributed by atoms with Gasteiger partial charge in [-0.3, -0.25) is 0 Å². The van der Waals surface area contributed by atoms with Gasteiger partial charge in [-0.05, 0) is 44.5 Å². The molecule has 156 valence electrons. The third-order valence-electron chi connectivity index (χ3n) is 4.46. The predicted molar refractivity (Wildman–Crippen MR) is 107 cm³/mol. The summed E-state index contributed by atoms with van der Waals surface area (Å²) in [5.41, 5.74) is 0.0447. The maximum absolute atomic E-state index is 13.0. The fraction of sp³-hybridized carbons (Fsp3) is 0.368. The molecule has 0 aliphatic rings. The van der Waals surface area contributed by atoms with E-state index in [4.69, 9.17) is 13.7 Å². The van der Waals surface area contributed by atoms with Crippen molar-refractivity contribution >= 4 is 27.3 Å². The lowest BCUT2D eigenvalue weighted by Crippen LogP contribution is -2.35. The van der Waals surface area contributed by atoms with Crippen LogP contribution >= 0.6 is 11.3 Å². The highest BCUT2D eigenvalue weighted by atomic mass is 32.2. The molecular weight excluding hydrogens is 416 g/mol. The Morgan fingerprint density at radius 1 is 1.34 bits per heavy atom. The SMILES string of the molecule is CCOC(=O)c1cc(-c2ccc(S(=O)(=O)N(C)[C@@H](C)CCc3ccco3)s2)on1. The molecule has 3 rings (SSSR count). The van der Waals surface area contributed by atoms with Gasteiger partial charge in [0.25, 0.3) is 10.0 Å². The monoisotopic (exact) mass is 438 g/mol. The number of nitrogens with zero attached hydrogens (tertiary/aromatic N) is 2. The van der Waals surface area contributed by atoms with Crippen LogP contribution in [0.5, 0.6) is 0 Å². The first-order valence-corrected chi connectivity index (χ1v) is 11.3. The summed E-state index contributed by atoms with van der Waals surface area (Å²) in [6.07, 6.45) is 2.88. The van der Waals surface area contributed by atoms with Crippen molar-refractivity contribution in [1.29, 1.82) is 0 Å². The maximum atomic E-state index is 13.0.